The molecule has 0 aromatic heterocycles. The van der Waals surface area contributed by atoms with Crippen molar-refractivity contribution in [2.45, 2.75) is 52.4 Å². The molecule has 0 radical (unpaired) electrons. The number of hydrogen-bond donors (Lipinski definition) is 1. The third-order valence-corrected chi connectivity index (χ3v) is 2.04. The van der Waals surface area contributed by atoms with Gasteiger partial charge in [0, 0.05) is 6.42 Å². The first-order valence-corrected chi connectivity index (χ1v) is 5.43. The molecule has 0 spiro atoms. The summed E-state index contributed by atoms with van der Waals surface area (Å²) in [4.78, 5) is 21.7. The van der Waals surface area contributed by atoms with E-state index in [9.17, 15) is 9.59 Å². The van der Waals surface area contributed by atoms with E-state index in [0.717, 1.165) is 12.8 Å². The normalized spacial score (nSPS) is 9.86. The number of carbonyl (C=O) groups is 2. The summed E-state index contributed by atoms with van der Waals surface area (Å²) in [6.07, 6.45) is 6.27. The number of nitrogens with one attached hydrogen (secondary N) is 1. The smallest absolute Gasteiger partial charge is 0.220 e. The fourth-order valence-corrected chi connectivity index (χ4v) is 1.20. The molecule has 0 bridgehead atoms. The highest BCUT2D eigenvalue weighted by molar-refractivity contribution is 5.84. The number of ketones is 1. The molecule has 0 heterocycles. The molecule has 3 heteroatoms. The molecule has 0 unspecified atom stereocenters. The Bertz CT molecular complexity index is 178. The van der Waals surface area contributed by atoms with Crippen molar-refractivity contribution in [1.82, 2.24) is 5.32 Å². The maximum Gasteiger partial charge on any atom is 0.220 e. The fourth-order valence-electron chi connectivity index (χ4n) is 1.20. The van der Waals surface area contributed by atoms with Gasteiger partial charge in [0.15, 0.2) is 0 Å². The van der Waals surface area contributed by atoms with E-state index in [1.807, 2.05) is 0 Å². The maximum atomic E-state index is 11.1. The van der Waals surface area contributed by atoms with E-state index < -0.39 is 0 Å². The number of amides is 1. The minimum atomic E-state index is -0.00306. The molecule has 0 fully saturated rings. The van der Waals surface area contributed by atoms with E-state index in [1.54, 1.807) is 0 Å². The molecule has 82 valence electrons. The minimum absolute atomic E-state index is 0.00306. The molecule has 3 nitrogen and oxygen atoms in total. The van der Waals surface area contributed by atoms with Crippen molar-refractivity contribution in [3.63, 3.8) is 0 Å². The van der Waals surface area contributed by atoms with Gasteiger partial charge in [0.05, 0.1) is 6.54 Å². The van der Waals surface area contributed by atoms with Crippen LogP contribution in [-0.4, -0.2) is 18.2 Å². The predicted molar refractivity (Wildman–Crippen MR) is 57.1 cm³/mol. The third-order valence-electron chi connectivity index (χ3n) is 2.04. The molecular formula is C11H21NO2. The SMILES string of the molecule is CCCCCCCC(=O)NCC(C)=O. The predicted octanol–water partition coefficient (Wildman–Crippen LogP) is 2.05. The molecule has 0 aromatic carbocycles. The van der Waals surface area contributed by atoms with Crippen molar-refractivity contribution >= 4 is 11.7 Å². The molecule has 0 atom stereocenters. The molecule has 1 amide bonds. The zero-order chi connectivity index (χ0) is 10.8. The number of Topliss-reactive ketones (excluding diaryl/α,β-unsaturated/α-hetero) is 1. The Labute approximate surface area is 86.3 Å². The van der Waals surface area contributed by atoms with Crippen LogP contribution in [0, 0.1) is 0 Å². The second-order valence-corrected chi connectivity index (χ2v) is 3.64. The second-order valence-electron chi connectivity index (χ2n) is 3.64. The van der Waals surface area contributed by atoms with Crippen LogP contribution in [0.3, 0.4) is 0 Å². The number of rotatable bonds is 8. The molecule has 14 heavy (non-hydrogen) atoms. The molecule has 0 aliphatic heterocycles. The summed E-state index contributed by atoms with van der Waals surface area (Å²) in [6.45, 7) is 3.81. The lowest BCUT2D eigenvalue weighted by atomic mass is 10.1. The van der Waals surface area contributed by atoms with Gasteiger partial charge in [-0.2, -0.15) is 0 Å². The number of hydrogen-bond acceptors (Lipinski definition) is 2. The molecule has 0 aliphatic rings. The Balaban J connectivity index is 3.22. The largest absolute Gasteiger partial charge is 0.349 e. The third kappa shape index (κ3) is 9.23. The second kappa shape index (κ2) is 8.73. The highest BCUT2D eigenvalue weighted by Gasteiger charge is 2.01. The molecule has 0 aromatic rings. The average Bonchev–Trinajstić information content (AvgIpc) is 2.14. The summed E-state index contributed by atoms with van der Waals surface area (Å²) in [5.41, 5.74) is 0. The Kier molecular flexibility index (Phi) is 8.19. The quantitative estimate of drug-likeness (QED) is 0.608. The van der Waals surface area contributed by atoms with Crippen molar-refractivity contribution in [2.24, 2.45) is 0 Å². The van der Waals surface area contributed by atoms with Gasteiger partial charge in [-0.25, -0.2) is 0 Å². The topological polar surface area (TPSA) is 46.2 Å². The zero-order valence-electron chi connectivity index (χ0n) is 9.27. The van der Waals surface area contributed by atoms with E-state index in [1.165, 1.54) is 26.2 Å². The van der Waals surface area contributed by atoms with Gasteiger partial charge >= 0.3 is 0 Å². The minimum Gasteiger partial charge on any atom is -0.349 e. The van der Waals surface area contributed by atoms with E-state index in [0.29, 0.717) is 6.42 Å². The Morgan fingerprint density at radius 2 is 1.71 bits per heavy atom. The maximum absolute atomic E-state index is 11.1. The van der Waals surface area contributed by atoms with Crippen LogP contribution < -0.4 is 5.32 Å². The molecule has 0 saturated carbocycles. The Morgan fingerprint density at radius 1 is 1.07 bits per heavy atom. The monoisotopic (exact) mass is 199 g/mol. The van der Waals surface area contributed by atoms with E-state index in [4.69, 9.17) is 0 Å². The number of carbonyl (C=O) groups excluding carboxylic acids is 2. The van der Waals surface area contributed by atoms with Gasteiger partial charge in [-0.05, 0) is 13.3 Å². The first-order chi connectivity index (χ1) is 6.66. The lowest BCUT2D eigenvalue weighted by Crippen LogP contribution is -2.27. The standard InChI is InChI=1S/C11H21NO2/c1-3-4-5-6-7-8-11(14)12-9-10(2)13/h3-9H2,1-2H3,(H,12,14). The molecular weight excluding hydrogens is 178 g/mol. The van der Waals surface area contributed by atoms with Gasteiger partial charge < -0.3 is 5.32 Å². The van der Waals surface area contributed by atoms with Crippen LogP contribution in [0.5, 0.6) is 0 Å². The van der Waals surface area contributed by atoms with Crippen molar-refractivity contribution in [3.8, 4) is 0 Å². The number of unbranched alkanes of at least 4 members (excludes halogenated alkanes) is 4. The molecule has 0 rings (SSSR count). The van der Waals surface area contributed by atoms with Crippen LogP contribution in [0.25, 0.3) is 0 Å². The first kappa shape index (κ1) is 13.1. The van der Waals surface area contributed by atoms with Gasteiger partial charge in [-0.3, -0.25) is 9.59 Å². The van der Waals surface area contributed by atoms with Crippen LogP contribution in [0.2, 0.25) is 0 Å². The van der Waals surface area contributed by atoms with Gasteiger partial charge in [0.25, 0.3) is 0 Å². The summed E-state index contributed by atoms with van der Waals surface area (Å²) in [7, 11) is 0. The highest BCUT2D eigenvalue weighted by atomic mass is 16.2. The van der Waals surface area contributed by atoms with Crippen LogP contribution >= 0.6 is 0 Å². The van der Waals surface area contributed by atoms with Crippen LogP contribution in [-0.2, 0) is 9.59 Å². The average molecular weight is 199 g/mol. The summed E-state index contributed by atoms with van der Waals surface area (Å²) < 4.78 is 0. The zero-order valence-corrected chi connectivity index (χ0v) is 9.27. The molecule has 0 saturated heterocycles. The van der Waals surface area contributed by atoms with E-state index in [2.05, 4.69) is 12.2 Å². The van der Waals surface area contributed by atoms with E-state index >= 15 is 0 Å². The van der Waals surface area contributed by atoms with Crippen LogP contribution in [0.15, 0.2) is 0 Å². The summed E-state index contributed by atoms with van der Waals surface area (Å²) in [5, 5.41) is 2.58. The first-order valence-electron chi connectivity index (χ1n) is 5.43. The van der Waals surface area contributed by atoms with E-state index in [-0.39, 0.29) is 18.2 Å². The molecule has 1 N–H and O–H groups in total. The van der Waals surface area contributed by atoms with Gasteiger partial charge in [-0.1, -0.05) is 32.6 Å². The Morgan fingerprint density at radius 3 is 2.29 bits per heavy atom. The lowest BCUT2D eigenvalue weighted by molar-refractivity contribution is -0.124. The Hall–Kier alpha value is -0.860. The summed E-state index contributed by atoms with van der Waals surface area (Å²) in [6, 6.07) is 0. The highest BCUT2D eigenvalue weighted by Crippen LogP contribution is 2.04. The van der Waals surface area contributed by atoms with Crippen molar-refractivity contribution in [3.05, 3.63) is 0 Å². The van der Waals surface area contributed by atoms with Crippen LogP contribution in [0.4, 0.5) is 0 Å². The van der Waals surface area contributed by atoms with Crippen molar-refractivity contribution < 1.29 is 9.59 Å². The van der Waals surface area contributed by atoms with Crippen molar-refractivity contribution in [2.75, 3.05) is 6.54 Å². The van der Waals surface area contributed by atoms with Gasteiger partial charge in [-0.15, -0.1) is 0 Å². The van der Waals surface area contributed by atoms with Gasteiger partial charge in [0.1, 0.15) is 5.78 Å². The lowest BCUT2D eigenvalue weighted by Gasteiger charge is -2.02. The fraction of sp³-hybridized carbons (Fsp3) is 0.818. The summed E-state index contributed by atoms with van der Waals surface area (Å²) >= 11 is 0. The van der Waals surface area contributed by atoms with Crippen molar-refractivity contribution in [1.29, 1.82) is 0 Å². The molecule has 0 aliphatic carbocycles. The van der Waals surface area contributed by atoms with Gasteiger partial charge in [0.2, 0.25) is 5.91 Å². The summed E-state index contributed by atoms with van der Waals surface area (Å²) in [5.74, 6) is 0.000955. The van der Waals surface area contributed by atoms with Crippen LogP contribution in [0.1, 0.15) is 52.4 Å².